The molecule has 0 aromatic rings. The summed E-state index contributed by atoms with van der Waals surface area (Å²) < 4.78 is 6.30. The van der Waals surface area contributed by atoms with Crippen molar-refractivity contribution in [3.05, 3.63) is 11.3 Å². The van der Waals surface area contributed by atoms with E-state index < -0.39 is 0 Å². The first-order valence-electron chi connectivity index (χ1n) is 6.88. The molecule has 1 N–H and O–H groups in total. The van der Waals surface area contributed by atoms with Crippen molar-refractivity contribution in [1.29, 1.82) is 0 Å². The lowest BCUT2D eigenvalue weighted by atomic mass is 9.72. The number of quaternary nitrogens is 1. The summed E-state index contributed by atoms with van der Waals surface area (Å²) in [6.45, 7) is 0. The minimum atomic E-state index is -0.0423. The van der Waals surface area contributed by atoms with Crippen LogP contribution in [0.1, 0.15) is 44.9 Å². The van der Waals surface area contributed by atoms with E-state index >= 15 is 0 Å². The molecule has 1 aliphatic heterocycles. The van der Waals surface area contributed by atoms with Gasteiger partial charge in [0, 0.05) is 37.2 Å². The van der Waals surface area contributed by atoms with E-state index in [1.807, 2.05) is 0 Å². The van der Waals surface area contributed by atoms with Crippen molar-refractivity contribution < 1.29 is 14.4 Å². The quantitative estimate of drug-likeness (QED) is 0.738. The van der Waals surface area contributed by atoms with E-state index in [0.717, 1.165) is 43.4 Å². The molecule has 0 saturated heterocycles. The molecular weight excluding hydrogens is 214 g/mol. The van der Waals surface area contributed by atoms with Gasteiger partial charge in [0.1, 0.15) is 5.76 Å². The average molecular weight is 236 g/mol. The van der Waals surface area contributed by atoms with Crippen molar-refractivity contribution in [2.45, 2.75) is 50.7 Å². The van der Waals surface area contributed by atoms with Crippen LogP contribution in [-0.4, -0.2) is 25.6 Å². The Balaban J connectivity index is 2.01. The van der Waals surface area contributed by atoms with Crippen LogP contribution in [0.5, 0.6) is 0 Å². The minimum absolute atomic E-state index is 0.0423. The van der Waals surface area contributed by atoms with E-state index in [1.165, 1.54) is 17.7 Å². The lowest BCUT2D eigenvalue weighted by Gasteiger charge is -2.48. The Hall–Kier alpha value is -0.830. The topological polar surface area (TPSA) is 30.7 Å². The molecule has 2 bridgehead atoms. The minimum Gasteiger partial charge on any atom is -0.444 e. The number of rotatable bonds is 1. The Morgan fingerprint density at radius 1 is 1.29 bits per heavy atom. The number of allylic oxidation sites excluding steroid dienone is 2. The summed E-state index contributed by atoms with van der Waals surface area (Å²) >= 11 is 0. The molecule has 1 heterocycles. The fourth-order valence-electron chi connectivity index (χ4n) is 3.76. The molecule has 0 aromatic carbocycles. The molecule has 3 heteroatoms. The molecule has 3 aliphatic rings. The Morgan fingerprint density at radius 2 is 2.12 bits per heavy atom. The number of carbonyl (C=O) groups is 1. The lowest BCUT2D eigenvalue weighted by Crippen LogP contribution is -3.16. The first kappa shape index (κ1) is 11.3. The summed E-state index contributed by atoms with van der Waals surface area (Å²) in [5, 5.41) is 0. The predicted octanol–water partition coefficient (Wildman–Crippen LogP) is 1.05. The van der Waals surface area contributed by atoms with E-state index in [-0.39, 0.29) is 5.72 Å². The number of ketones is 1. The summed E-state index contributed by atoms with van der Waals surface area (Å²) in [7, 11) is 4.36. The van der Waals surface area contributed by atoms with E-state index in [0.29, 0.717) is 11.7 Å². The van der Waals surface area contributed by atoms with Crippen molar-refractivity contribution in [1.82, 2.24) is 0 Å². The van der Waals surface area contributed by atoms with Crippen molar-refractivity contribution in [3.63, 3.8) is 0 Å². The molecule has 2 aliphatic carbocycles. The summed E-state index contributed by atoms with van der Waals surface area (Å²) in [5.74, 6) is 1.88. The van der Waals surface area contributed by atoms with Gasteiger partial charge >= 0.3 is 0 Å². The summed E-state index contributed by atoms with van der Waals surface area (Å²) in [6.07, 6.45) is 7.25. The molecule has 0 spiro atoms. The highest BCUT2D eigenvalue weighted by Crippen LogP contribution is 2.45. The van der Waals surface area contributed by atoms with Crippen LogP contribution in [0.25, 0.3) is 0 Å². The van der Waals surface area contributed by atoms with Crippen LogP contribution >= 0.6 is 0 Å². The van der Waals surface area contributed by atoms with Gasteiger partial charge in [-0.3, -0.25) is 4.79 Å². The number of nitrogens with one attached hydrogen (secondary N) is 1. The van der Waals surface area contributed by atoms with Crippen LogP contribution in [0, 0.1) is 5.92 Å². The normalized spacial score (nSPS) is 36.9. The highest BCUT2D eigenvalue weighted by molar-refractivity contribution is 5.97. The predicted molar refractivity (Wildman–Crippen MR) is 64.5 cm³/mol. The van der Waals surface area contributed by atoms with Crippen LogP contribution in [0.4, 0.5) is 0 Å². The van der Waals surface area contributed by atoms with Crippen LogP contribution in [0.15, 0.2) is 11.3 Å². The second-order valence-electron chi connectivity index (χ2n) is 6.00. The third-order valence-electron chi connectivity index (χ3n) is 4.76. The summed E-state index contributed by atoms with van der Waals surface area (Å²) in [6, 6.07) is 0. The van der Waals surface area contributed by atoms with Crippen LogP contribution in [0.2, 0.25) is 0 Å². The first-order chi connectivity index (χ1) is 8.12. The molecule has 2 atom stereocenters. The molecule has 94 valence electrons. The van der Waals surface area contributed by atoms with Crippen LogP contribution in [-0.2, 0) is 9.53 Å². The number of Topliss-reactive ketones (excluding diaryl/α,β-unsaturated/α-hetero) is 1. The Kier molecular flexibility index (Phi) is 2.54. The molecule has 17 heavy (non-hydrogen) atoms. The number of ether oxygens (including phenoxy) is 1. The first-order valence-corrected chi connectivity index (χ1v) is 6.88. The zero-order valence-corrected chi connectivity index (χ0v) is 10.8. The van der Waals surface area contributed by atoms with Gasteiger partial charge in [0.2, 0.25) is 5.72 Å². The van der Waals surface area contributed by atoms with E-state index in [2.05, 4.69) is 14.1 Å². The maximum absolute atomic E-state index is 12.1. The van der Waals surface area contributed by atoms with E-state index in [4.69, 9.17) is 4.74 Å². The molecule has 0 radical (unpaired) electrons. The van der Waals surface area contributed by atoms with Crippen LogP contribution in [0.3, 0.4) is 0 Å². The maximum atomic E-state index is 12.1. The molecule has 3 nitrogen and oxygen atoms in total. The second-order valence-corrected chi connectivity index (χ2v) is 6.00. The van der Waals surface area contributed by atoms with Gasteiger partial charge in [0.25, 0.3) is 0 Å². The highest BCUT2D eigenvalue weighted by atomic mass is 16.5. The zero-order valence-electron chi connectivity index (χ0n) is 10.8. The number of fused-ring (bicyclic) bond motifs is 3. The number of hydrogen-bond acceptors (Lipinski definition) is 2. The summed E-state index contributed by atoms with van der Waals surface area (Å²) in [5.41, 5.74) is 1.02. The van der Waals surface area contributed by atoms with E-state index in [9.17, 15) is 4.79 Å². The third-order valence-corrected chi connectivity index (χ3v) is 4.76. The van der Waals surface area contributed by atoms with Crippen molar-refractivity contribution >= 4 is 5.78 Å². The highest BCUT2D eigenvalue weighted by Gasteiger charge is 2.51. The van der Waals surface area contributed by atoms with Gasteiger partial charge in [-0.1, -0.05) is 0 Å². The lowest BCUT2D eigenvalue weighted by molar-refractivity contribution is -0.946. The molecule has 0 unspecified atom stereocenters. The maximum Gasteiger partial charge on any atom is 0.241 e. The third kappa shape index (κ3) is 1.63. The fraction of sp³-hybridized carbons (Fsp3) is 0.786. The second kappa shape index (κ2) is 3.84. The van der Waals surface area contributed by atoms with Crippen molar-refractivity contribution in [2.24, 2.45) is 5.92 Å². The number of carbonyl (C=O) groups excluding carboxylic acids is 1. The largest absolute Gasteiger partial charge is 0.444 e. The smallest absolute Gasteiger partial charge is 0.241 e. The number of hydrogen-bond donors (Lipinski definition) is 1. The van der Waals surface area contributed by atoms with Gasteiger partial charge in [0.15, 0.2) is 5.78 Å². The molecular formula is C14H22NO2+. The van der Waals surface area contributed by atoms with Crippen molar-refractivity contribution in [2.75, 3.05) is 14.1 Å². The van der Waals surface area contributed by atoms with Gasteiger partial charge in [-0.2, -0.15) is 0 Å². The van der Waals surface area contributed by atoms with E-state index in [1.54, 1.807) is 0 Å². The molecule has 0 amide bonds. The fourth-order valence-corrected chi connectivity index (χ4v) is 3.76. The summed E-state index contributed by atoms with van der Waals surface area (Å²) in [4.78, 5) is 13.4. The Labute approximate surface area is 103 Å². The monoisotopic (exact) mass is 236 g/mol. The molecule has 0 aromatic heterocycles. The van der Waals surface area contributed by atoms with Crippen LogP contribution < -0.4 is 4.90 Å². The molecule has 1 fully saturated rings. The van der Waals surface area contributed by atoms with Gasteiger partial charge in [0.05, 0.1) is 14.1 Å². The molecule has 1 saturated carbocycles. The molecule has 3 rings (SSSR count). The van der Waals surface area contributed by atoms with Crippen molar-refractivity contribution in [3.8, 4) is 0 Å². The zero-order chi connectivity index (χ0) is 12.0. The SMILES string of the molecule is C[NH+](C)[C@]12CCC[C@H](C1)C1=C(CCCC1=O)O2. The average Bonchev–Trinajstić information content (AvgIpc) is 2.28. The Bertz CT molecular complexity index is 386. The Morgan fingerprint density at radius 3 is 2.88 bits per heavy atom. The van der Waals surface area contributed by atoms with Gasteiger partial charge in [-0.05, 0) is 19.3 Å². The van der Waals surface area contributed by atoms with Gasteiger partial charge < -0.3 is 9.64 Å². The standard InChI is InChI=1S/C14H21NO2/c1-15(2)14-8-4-5-10(9-14)13-11(16)6-3-7-12(13)17-14/h10H,3-9H2,1-2H3/p+1/t10-,14+/m1/s1. The van der Waals surface area contributed by atoms with Gasteiger partial charge in [-0.15, -0.1) is 0 Å². The van der Waals surface area contributed by atoms with Gasteiger partial charge in [-0.25, -0.2) is 0 Å².